The molecule has 1 heteroatoms. The third-order valence-electron chi connectivity index (χ3n) is 9.42. The third kappa shape index (κ3) is 2.20. The molecule has 0 amide bonds. The number of Topliss-reactive ketones (excluding diaryl/α,β-unsaturated/α-hetero) is 1. The summed E-state index contributed by atoms with van der Waals surface area (Å²) >= 11 is 0. The first kappa shape index (κ1) is 16.2. The highest BCUT2D eigenvalue weighted by molar-refractivity contribution is 5.79. The molecule has 23 heavy (non-hydrogen) atoms. The Kier molecular flexibility index (Phi) is 3.75. The minimum atomic E-state index is 0.332. The summed E-state index contributed by atoms with van der Waals surface area (Å²) in [5.41, 5.74) is 0.948. The molecule has 0 spiro atoms. The van der Waals surface area contributed by atoms with E-state index in [1.54, 1.807) is 0 Å². The number of fused-ring (bicyclic) bond motifs is 5. The quantitative estimate of drug-likeness (QED) is 0.591. The lowest BCUT2D eigenvalue weighted by Gasteiger charge is -2.61. The van der Waals surface area contributed by atoms with Gasteiger partial charge in [-0.2, -0.15) is 0 Å². The smallest absolute Gasteiger partial charge is 0.133 e. The number of hydrogen-bond acceptors (Lipinski definition) is 1. The third-order valence-corrected chi connectivity index (χ3v) is 9.42. The van der Waals surface area contributed by atoms with Crippen LogP contribution < -0.4 is 0 Å². The lowest BCUT2D eigenvalue weighted by atomic mass is 9.44. The zero-order valence-electron chi connectivity index (χ0n) is 15.7. The van der Waals surface area contributed by atoms with Crippen LogP contribution in [0, 0.1) is 46.3 Å². The Bertz CT molecular complexity index is 496. The zero-order valence-corrected chi connectivity index (χ0v) is 15.7. The molecular formula is C22H36O. The van der Waals surface area contributed by atoms with Gasteiger partial charge in [0.15, 0.2) is 0 Å². The van der Waals surface area contributed by atoms with E-state index in [1.165, 1.54) is 57.8 Å². The molecule has 4 fully saturated rings. The topological polar surface area (TPSA) is 17.1 Å². The monoisotopic (exact) mass is 316 g/mol. The molecule has 4 unspecified atom stereocenters. The van der Waals surface area contributed by atoms with E-state index in [2.05, 4.69) is 20.8 Å². The standard InChI is InChI=1S/C22H36O/c1-14-9-11-21(3)16(13-14)5-6-17-19-8-7-18(15(2)23)22(19,4)12-10-20(17)21/h14,16-20H,5-13H2,1-4H3/t14?,16-,17?,18-,19?,20?,21+,22-/m1/s1. The lowest BCUT2D eigenvalue weighted by Crippen LogP contribution is -2.53. The van der Waals surface area contributed by atoms with Gasteiger partial charge in [0.05, 0.1) is 0 Å². The Balaban J connectivity index is 1.61. The fourth-order valence-corrected chi connectivity index (χ4v) is 8.14. The van der Waals surface area contributed by atoms with Crippen LogP contribution in [0.15, 0.2) is 0 Å². The molecule has 0 aromatic heterocycles. The molecule has 0 aliphatic heterocycles. The highest BCUT2D eigenvalue weighted by Crippen LogP contribution is 2.67. The van der Waals surface area contributed by atoms with Gasteiger partial charge < -0.3 is 0 Å². The first-order chi connectivity index (χ1) is 10.9. The van der Waals surface area contributed by atoms with E-state index in [9.17, 15) is 4.79 Å². The van der Waals surface area contributed by atoms with Crippen molar-refractivity contribution >= 4 is 5.78 Å². The number of ketones is 1. The first-order valence-corrected chi connectivity index (χ1v) is 10.4. The maximum absolute atomic E-state index is 12.2. The van der Waals surface area contributed by atoms with Gasteiger partial charge in [-0.15, -0.1) is 0 Å². The Morgan fingerprint density at radius 3 is 2.30 bits per heavy atom. The number of carbonyl (C=O) groups is 1. The van der Waals surface area contributed by atoms with Crippen LogP contribution in [0.5, 0.6) is 0 Å². The van der Waals surface area contributed by atoms with Crippen molar-refractivity contribution in [2.75, 3.05) is 0 Å². The van der Waals surface area contributed by atoms with Crippen molar-refractivity contribution in [3.05, 3.63) is 0 Å². The van der Waals surface area contributed by atoms with Crippen molar-refractivity contribution in [3.63, 3.8) is 0 Å². The van der Waals surface area contributed by atoms with Gasteiger partial charge in [-0.1, -0.05) is 27.2 Å². The molecular weight excluding hydrogens is 280 g/mol. The Morgan fingerprint density at radius 2 is 1.57 bits per heavy atom. The summed E-state index contributed by atoms with van der Waals surface area (Å²) < 4.78 is 0. The molecule has 4 saturated carbocycles. The van der Waals surface area contributed by atoms with E-state index in [4.69, 9.17) is 0 Å². The Morgan fingerprint density at radius 1 is 0.870 bits per heavy atom. The van der Waals surface area contributed by atoms with Crippen LogP contribution in [0.1, 0.15) is 85.5 Å². The fourth-order valence-electron chi connectivity index (χ4n) is 8.14. The Labute approximate surface area is 143 Å². The second-order valence-corrected chi connectivity index (χ2v) is 10.3. The van der Waals surface area contributed by atoms with Gasteiger partial charge in [-0.25, -0.2) is 0 Å². The van der Waals surface area contributed by atoms with Crippen LogP contribution in [0.4, 0.5) is 0 Å². The van der Waals surface area contributed by atoms with Gasteiger partial charge in [0.1, 0.15) is 5.78 Å². The second kappa shape index (κ2) is 5.33. The SMILES string of the molecule is CC(=O)[C@H]1CCC2C3CC[C@@H]4CC(C)CC[C@]4(C)C3CC[C@@]21C. The van der Waals surface area contributed by atoms with Crippen molar-refractivity contribution in [2.24, 2.45) is 46.3 Å². The summed E-state index contributed by atoms with van der Waals surface area (Å²) in [6.07, 6.45) is 12.6. The molecule has 4 rings (SSSR count). The molecule has 8 atom stereocenters. The van der Waals surface area contributed by atoms with Crippen LogP contribution in [-0.4, -0.2) is 5.78 Å². The molecule has 130 valence electrons. The minimum absolute atomic E-state index is 0.332. The highest BCUT2D eigenvalue weighted by atomic mass is 16.1. The van der Waals surface area contributed by atoms with Gasteiger partial charge in [0, 0.05) is 5.92 Å². The molecule has 0 aromatic carbocycles. The van der Waals surface area contributed by atoms with Crippen LogP contribution in [0.2, 0.25) is 0 Å². The zero-order chi connectivity index (χ0) is 16.4. The molecule has 4 aliphatic carbocycles. The number of carbonyl (C=O) groups excluding carboxylic acids is 1. The molecule has 0 bridgehead atoms. The predicted molar refractivity (Wildman–Crippen MR) is 95.1 cm³/mol. The number of hydrogen-bond donors (Lipinski definition) is 0. The van der Waals surface area contributed by atoms with E-state index in [1.807, 2.05) is 6.92 Å². The van der Waals surface area contributed by atoms with Crippen LogP contribution in [-0.2, 0) is 4.79 Å². The summed E-state index contributed by atoms with van der Waals surface area (Å²) in [4.78, 5) is 12.2. The average Bonchev–Trinajstić information content (AvgIpc) is 2.85. The summed E-state index contributed by atoms with van der Waals surface area (Å²) in [6, 6.07) is 0. The molecule has 0 saturated heterocycles. The molecule has 0 N–H and O–H groups in total. The second-order valence-electron chi connectivity index (χ2n) is 10.3. The fraction of sp³-hybridized carbons (Fsp3) is 0.955. The van der Waals surface area contributed by atoms with E-state index in [-0.39, 0.29) is 0 Å². The van der Waals surface area contributed by atoms with Gasteiger partial charge in [0.25, 0.3) is 0 Å². The Hall–Kier alpha value is -0.330. The maximum Gasteiger partial charge on any atom is 0.133 e. The van der Waals surface area contributed by atoms with Crippen molar-refractivity contribution < 1.29 is 4.79 Å². The van der Waals surface area contributed by atoms with Crippen LogP contribution in [0.25, 0.3) is 0 Å². The molecule has 0 heterocycles. The van der Waals surface area contributed by atoms with Gasteiger partial charge in [0.2, 0.25) is 0 Å². The van der Waals surface area contributed by atoms with Crippen LogP contribution >= 0.6 is 0 Å². The summed E-state index contributed by atoms with van der Waals surface area (Å²) in [5, 5.41) is 0. The average molecular weight is 317 g/mol. The lowest BCUT2D eigenvalue weighted by molar-refractivity contribution is -0.135. The van der Waals surface area contributed by atoms with Gasteiger partial charge in [-0.3, -0.25) is 4.79 Å². The molecule has 0 radical (unpaired) electrons. The van der Waals surface area contributed by atoms with E-state index < -0.39 is 0 Å². The summed E-state index contributed by atoms with van der Waals surface area (Å²) in [6.45, 7) is 9.45. The minimum Gasteiger partial charge on any atom is -0.300 e. The van der Waals surface area contributed by atoms with Gasteiger partial charge in [-0.05, 0) is 98.7 Å². The van der Waals surface area contributed by atoms with Crippen molar-refractivity contribution in [1.29, 1.82) is 0 Å². The number of rotatable bonds is 1. The maximum atomic E-state index is 12.2. The van der Waals surface area contributed by atoms with E-state index in [0.29, 0.717) is 22.5 Å². The first-order valence-electron chi connectivity index (χ1n) is 10.4. The van der Waals surface area contributed by atoms with Crippen LogP contribution in [0.3, 0.4) is 0 Å². The van der Waals surface area contributed by atoms with Crippen molar-refractivity contribution in [3.8, 4) is 0 Å². The molecule has 0 aromatic rings. The predicted octanol–water partition coefficient (Wildman–Crippen LogP) is 5.87. The van der Waals surface area contributed by atoms with Crippen molar-refractivity contribution in [1.82, 2.24) is 0 Å². The summed E-state index contributed by atoms with van der Waals surface area (Å²) in [5.74, 6) is 5.50. The molecule has 1 nitrogen and oxygen atoms in total. The molecule has 4 aliphatic rings. The highest BCUT2D eigenvalue weighted by Gasteiger charge is 2.60. The summed E-state index contributed by atoms with van der Waals surface area (Å²) in [7, 11) is 0. The normalized spacial score (nSPS) is 55.7. The largest absolute Gasteiger partial charge is 0.300 e. The van der Waals surface area contributed by atoms with Crippen molar-refractivity contribution in [2.45, 2.75) is 85.5 Å². The van der Waals surface area contributed by atoms with E-state index in [0.717, 1.165) is 29.6 Å². The van der Waals surface area contributed by atoms with Gasteiger partial charge >= 0.3 is 0 Å². The van der Waals surface area contributed by atoms with E-state index >= 15 is 0 Å².